The second kappa shape index (κ2) is 8.51. The van der Waals surface area contributed by atoms with Crippen LogP contribution in [0, 0.1) is 6.92 Å². The zero-order valence-corrected chi connectivity index (χ0v) is 17.3. The minimum absolute atomic E-state index is 0.150. The Kier molecular flexibility index (Phi) is 5.78. The van der Waals surface area contributed by atoms with Crippen LogP contribution in [0.5, 0.6) is 5.75 Å². The van der Waals surface area contributed by atoms with Crippen molar-refractivity contribution in [1.29, 1.82) is 0 Å². The zero-order valence-electron chi connectivity index (χ0n) is 16.6. The van der Waals surface area contributed by atoms with Crippen molar-refractivity contribution in [3.63, 3.8) is 0 Å². The van der Waals surface area contributed by atoms with Gasteiger partial charge in [-0.1, -0.05) is 29.8 Å². The Morgan fingerprint density at radius 2 is 1.71 bits per heavy atom. The van der Waals surface area contributed by atoms with E-state index >= 15 is 0 Å². The number of nitrogens with zero attached hydrogens (tertiary/aromatic N) is 2. The molecule has 3 aromatic carbocycles. The lowest BCUT2D eigenvalue weighted by molar-refractivity contribution is -0.153. The molecule has 0 spiro atoms. The van der Waals surface area contributed by atoms with E-state index in [0.29, 0.717) is 17.5 Å². The summed E-state index contributed by atoms with van der Waals surface area (Å²) in [5.41, 5.74) is 4.56. The highest BCUT2D eigenvalue weighted by molar-refractivity contribution is 6.30. The fourth-order valence-corrected chi connectivity index (χ4v) is 3.33. The van der Waals surface area contributed by atoms with Crippen LogP contribution in [0.1, 0.15) is 11.1 Å². The number of fused-ring (bicyclic) bond motifs is 1. The standard InChI is InChI=1S/C23H19ClF3N3O/c1-15-2-11-20-21(12-15)30(18-7-9-19(10-8-18)31-14-23(25,26)27)22(29-20)28-13-16-3-5-17(24)6-4-16/h2-12H,13-14H2,1H3,(H,28,29). The van der Waals surface area contributed by atoms with Crippen LogP contribution in [-0.2, 0) is 6.54 Å². The van der Waals surface area contributed by atoms with Gasteiger partial charge in [0.05, 0.1) is 11.0 Å². The van der Waals surface area contributed by atoms with Crippen molar-refractivity contribution in [2.45, 2.75) is 19.6 Å². The van der Waals surface area contributed by atoms with Crippen LogP contribution in [0.25, 0.3) is 16.7 Å². The summed E-state index contributed by atoms with van der Waals surface area (Å²) in [7, 11) is 0. The van der Waals surface area contributed by atoms with Gasteiger partial charge in [0.25, 0.3) is 0 Å². The molecule has 0 aliphatic carbocycles. The van der Waals surface area contributed by atoms with E-state index in [9.17, 15) is 13.2 Å². The number of aromatic nitrogens is 2. The van der Waals surface area contributed by atoms with E-state index in [1.807, 2.05) is 54.0 Å². The molecule has 1 aromatic heterocycles. The number of hydrogen-bond donors (Lipinski definition) is 1. The number of anilines is 1. The van der Waals surface area contributed by atoms with E-state index in [4.69, 9.17) is 21.3 Å². The van der Waals surface area contributed by atoms with Crippen LogP contribution in [0.2, 0.25) is 5.02 Å². The Morgan fingerprint density at radius 1 is 1.00 bits per heavy atom. The number of halogens is 4. The molecule has 0 aliphatic heterocycles. The van der Waals surface area contributed by atoms with E-state index in [-0.39, 0.29) is 5.75 Å². The summed E-state index contributed by atoms with van der Waals surface area (Å²) in [5, 5.41) is 4.01. The van der Waals surface area contributed by atoms with Gasteiger partial charge in [-0.15, -0.1) is 0 Å². The number of rotatable bonds is 6. The quantitative estimate of drug-likeness (QED) is 0.366. The maximum Gasteiger partial charge on any atom is 0.422 e. The van der Waals surface area contributed by atoms with Crippen LogP contribution in [0.15, 0.2) is 66.7 Å². The van der Waals surface area contributed by atoms with E-state index < -0.39 is 12.8 Å². The SMILES string of the molecule is Cc1ccc2nc(NCc3ccc(Cl)cc3)n(-c3ccc(OCC(F)(F)F)cc3)c2c1. The van der Waals surface area contributed by atoms with Gasteiger partial charge in [0, 0.05) is 17.3 Å². The largest absolute Gasteiger partial charge is 0.484 e. The second-order valence-corrected chi connectivity index (χ2v) is 7.58. The molecule has 0 bridgehead atoms. The van der Waals surface area contributed by atoms with Crippen molar-refractivity contribution >= 4 is 28.6 Å². The monoisotopic (exact) mass is 445 g/mol. The van der Waals surface area contributed by atoms with Gasteiger partial charge in [-0.05, 0) is 66.6 Å². The first-order chi connectivity index (χ1) is 14.8. The molecular weight excluding hydrogens is 427 g/mol. The summed E-state index contributed by atoms with van der Waals surface area (Å²) in [6.45, 7) is 1.20. The van der Waals surface area contributed by atoms with E-state index in [2.05, 4.69) is 5.32 Å². The van der Waals surface area contributed by atoms with Gasteiger partial charge >= 0.3 is 6.18 Å². The van der Waals surface area contributed by atoms with Crippen molar-refractivity contribution < 1.29 is 17.9 Å². The third-order valence-electron chi connectivity index (χ3n) is 4.67. The molecule has 0 aliphatic rings. The smallest absolute Gasteiger partial charge is 0.422 e. The van der Waals surface area contributed by atoms with Crippen LogP contribution < -0.4 is 10.1 Å². The van der Waals surface area contributed by atoms with Crippen molar-refractivity contribution in [2.75, 3.05) is 11.9 Å². The average Bonchev–Trinajstić information content (AvgIpc) is 3.09. The number of nitrogens with one attached hydrogen (secondary N) is 1. The van der Waals surface area contributed by atoms with Gasteiger partial charge in [-0.2, -0.15) is 13.2 Å². The number of ether oxygens (including phenoxy) is 1. The van der Waals surface area contributed by atoms with Gasteiger partial charge in [-0.3, -0.25) is 4.57 Å². The second-order valence-electron chi connectivity index (χ2n) is 7.14. The van der Waals surface area contributed by atoms with Gasteiger partial charge in [-0.25, -0.2) is 4.98 Å². The van der Waals surface area contributed by atoms with Crippen molar-refractivity contribution in [2.24, 2.45) is 0 Å². The highest BCUT2D eigenvalue weighted by Gasteiger charge is 2.28. The van der Waals surface area contributed by atoms with Gasteiger partial charge < -0.3 is 10.1 Å². The van der Waals surface area contributed by atoms with Gasteiger partial charge in [0.1, 0.15) is 5.75 Å². The van der Waals surface area contributed by atoms with Crippen molar-refractivity contribution in [3.05, 3.63) is 82.9 Å². The normalized spacial score (nSPS) is 11.6. The molecule has 160 valence electrons. The zero-order chi connectivity index (χ0) is 22.0. The first-order valence-corrected chi connectivity index (χ1v) is 9.94. The molecule has 1 N–H and O–H groups in total. The molecule has 4 aromatic rings. The summed E-state index contributed by atoms with van der Waals surface area (Å²) in [4.78, 5) is 4.70. The molecule has 8 heteroatoms. The molecule has 0 amide bonds. The summed E-state index contributed by atoms with van der Waals surface area (Å²) in [5.74, 6) is 0.775. The van der Waals surface area contributed by atoms with Gasteiger partial charge in [0.15, 0.2) is 6.61 Å². The van der Waals surface area contributed by atoms with E-state index in [0.717, 1.165) is 27.8 Å². The fourth-order valence-electron chi connectivity index (χ4n) is 3.21. The number of benzene rings is 3. The lowest BCUT2D eigenvalue weighted by Gasteiger charge is -2.13. The van der Waals surface area contributed by atoms with Gasteiger partial charge in [0.2, 0.25) is 5.95 Å². The molecule has 0 atom stereocenters. The third-order valence-corrected chi connectivity index (χ3v) is 4.92. The highest BCUT2D eigenvalue weighted by Crippen LogP contribution is 2.28. The number of aryl methyl sites for hydroxylation is 1. The molecule has 0 fully saturated rings. The van der Waals surface area contributed by atoms with E-state index in [1.165, 1.54) is 12.1 Å². The fraction of sp³-hybridized carbons (Fsp3) is 0.174. The lowest BCUT2D eigenvalue weighted by Crippen LogP contribution is -2.19. The Bertz CT molecular complexity index is 1190. The summed E-state index contributed by atoms with van der Waals surface area (Å²) < 4.78 is 44.0. The first kappa shape index (κ1) is 21.1. The molecule has 4 rings (SSSR count). The Labute approximate surface area is 182 Å². The van der Waals surface area contributed by atoms with Crippen molar-refractivity contribution in [3.8, 4) is 11.4 Å². The molecule has 1 heterocycles. The molecule has 0 saturated carbocycles. The Morgan fingerprint density at radius 3 is 2.39 bits per heavy atom. The van der Waals surface area contributed by atoms with Crippen LogP contribution in [0.4, 0.5) is 19.1 Å². The van der Waals surface area contributed by atoms with Crippen LogP contribution in [-0.4, -0.2) is 22.3 Å². The predicted molar refractivity (Wildman–Crippen MR) is 116 cm³/mol. The maximum atomic E-state index is 12.4. The first-order valence-electron chi connectivity index (χ1n) is 9.56. The topological polar surface area (TPSA) is 39.1 Å². The summed E-state index contributed by atoms with van der Waals surface area (Å²) in [6, 6.07) is 19.9. The average molecular weight is 446 g/mol. The lowest BCUT2D eigenvalue weighted by atomic mass is 10.2. The summed E-state index contributed by atoms with van der Waals surface area (Å²) in [6.07, 6.45) is -4.38. The molecular formula is C23H19ClF3N3O. The minimum Gasteiger partial charge on any atom is -0.484 e. The molecule has 4 nitrogen and oxygen atoms in total. The highest BCUT2D eigenvalue weighted by atomic mass is 35.5. The van der Waals surface area contributed by atoms with Crippen molar-refractivity contribution in [1.82, 2.24) is 9.55 Å². The number of alkyl halides is 3. The molecule has 0 unspecified atom stereocenters. The molecule has 0 radical (unpaired) electrons. The minimum atomic E-state index is -4.38. The number of hydrogen-bond acceptors (Lipinski definition) is 3. The Hall–Kier alpha value is -3.19. The van der Waals surface area contributed by atoms with E-state index in [1.54, 1.807) is 12.1 Å². The summed E-state index contributed by atoms with van der Waals surface area (Å²) >= 11 is 5.95. The van der Waals surface area contributed by atoms with Crippen LogP contribution in [0.3, 0.4) is 0 Å². The predicted octanol–water partition coefficient (Wildman–Crippen LogP) is 6.54. The molecule has 0 saturated heterocycles. The Balaban J connectivity index is 1.65. The molecule has 31 heavy (non-hydrogen) atoms. The third kappa shape index (κ3) is 5.11. The maximum absolute atomic E-state index is 12.4. The number of imidazole rings is 1. The van der Waals surface area contributed by atoms with Crippen LogP contribution >= 0.6 is 11.6 Å².